The van der Waals surface area contributed by atoms with Crippen molar-refractivity contribution in [1.29, 1.82) is 0 Å². The molecule has 6 nitrogen and oxygen atoms in total. The number of sulfonamides is 1. The molecule has 0 fully saturated rings. The summed E-state index contributed by atoms with van der Waals surface area (Å²) in [5, 5.41) is 0.319. The molecule has 2 rings (SSSR count). The van der Waals surface area contributed by atoms with E-state index in [-0.39, 0.29) is 21.5 Å². The van der Waals surface area contributed by atoms with Gasteiger partial charge in [0.1, 0.15) is 5.75 Å². The number of carbonyl (C=O) groups excluding carboxylic acids is 1. The van der Waals surface area contributed by atoms with E-state index in [0.29, 0.717) is 5.75 Å². The van der Waals surface area contributed by atoms with Gasteiger partial charge in [0.15, 0.2) is 6.61 Å². The summed E-state index contributed by atoms with van der Waals surface area (Å²) in [5.41, 5.74) is 3.04. The van der Waals surface area contributed by atoms with E-state index in [2.05, 4.69) is 5.43 Å². The summed E-state index contributed by atoms with van der Waals surface area (Å²) in [6.07, 6.45) is 0. The number of hydrogen-bond donors (Lipinski definition) is 2. The summed E-state index contributed by atoms with van der Waals surface area (Å²) in [5.74, 6) is -0.141. The third kappa shape index (κ3) is 5.10. The highest BCUT2D eigenvalue weighted by molar-refractivity contribution is 7.89. The van der Waals surface area contributed by atoms with Crippen LogP contribution < -0.4 is 15.0 Å². The highest BCUT2D eigenvalue weighted by atomic mass is 35.5. The summed E-state index contributed by atoms with van der Waals surface area (Å²) < 4.78 is 29.4. The number of nitrogens with one attached hydrogen (secondary N) is 2. The molecule has 0 aliphatic rings. The molecule has 0 saturated carbocycles. The number of hydrazine groups is 1. The monoisotopic (exact) mass is 388 g/mol. The van der Waals surface area contributed by atoms with Gasteiger partial charge in [-0.05, 0) is 42.8 Å². The molecule has 0 spiro atoms. The van der Waals surface area contributed by atoms with E-state index >= 15 is 0 Å². The lowest BCUT2D eigenvalue weighted by Crippen LogP contribution is -2.43. The van der Waals surface area contributed by atoms with Crippen LogP contribution >= 0.6 is 23.2 Å². The van der Waals surface area contributed by atoms with Gasteiger partial charge in [-0.2, -0.15) is 0 Å². The van der Waals surface area contributed by atoms with Crippen molar-refractivity contribution >= 4 is 39.1 Å². The molecule has 0 bridgehead atoms. The van der Waals surface area contributed by atoms with Gasteiger partial charge in [0.25, 0.3) is 15.9 Å². The van der Waals surface area contributed by atoms with Gasteiger partial charge in [0, 0.05) is 0 Å². The number of carbonyl (C=O) groups is 1. The normalized spacial score (nSPS) is 11.1. The van der Waals surface area contributed by atoms with Gasteiger partial charge in [0.05, 0.1) is 14.9 Å². The molecule has 0 heterocycles. The molecule has 9 heteroatoms. The maximum Gasteiger partial charge on any atom is 0.272 e. The Balaban J connectivity index is 1.91. The van der Waals surface area contributed by atoms with Crippen LogP contribution in [0.15, 0.2) is 47.4 Å². The van der Waals surface area contributed by atoms with E-state index < -0.39 is 15.9 Å². The number of amides is 1. The Bertz CT molecular complexity index is 856. The summed E-state index contributed by atoms with van der Waals surface area (Å²) in [7, 11) is -3.96. The summed E-state index contributed by atoms with van der Waals surface area (Å²) in [6.45, 7) is 1.55. The second-order valence-electron chi connectivity index (χ2n) is 4.83. The number of rotatable bonds is 6. The first kappa shape index (κ1) is 18.5. The van der Waals surface area contributed by atoms with Crippen LogP contribution in [0.5, 0.6) is 5.75 Å². The highest BCUT2D eigenvalue weighted by Crippen LogP contribution is 2.24. The lowest BCUT2D eigenvalue weighted by molar-refractivity contribution is -0.123. The lowest BCUT2D eigenvalue weighted by Gasteiger charge is -2.10. The molecule has 24 heavy (non-hydrogen) atoms. The zero-order valence-electron chi connectivity index (χ0n) is 12.5. The van der Waals surface area contributed by atoms with E-state index in [4.69, 9.17) is 27.9 Å². The van der Waals surface area contributed by atoms with E-state index in [1.165, 1.54) is 18.2 Å². The SMILES string of the molecule is Cc1cccc(OCC(=O)NNS(=O)(=O)c2ccc(Cl)c(Cl)c2)c1. The molecule has 1 amide bonds. The van der Waals surface area contributed by atoms with Crippen LogP contribution in [0.4, 0.5) is 0 Å². The van der Waals surface area contributed by atoms with Crippen molar-refractivity contribution in [2.24, 2.45) is 0 Å². The first-order chi connectivity index (χ1) is 11.3. The smallest absolute Gasteiger partial charge is 0.272 e. The largest absolute Gasteiger partial charge is 0.484 e. The zero-order valence-corrected chi connectivity index (χ0v) is 14.9. The highest BCUT2D eigenvalue weighted by Gasteiger charge is 2.16. The van der Waals surface area contributed by atoms with Crippen molar-refractivity contribution < 1.29 is 17.9 Å². The van der Waals surface area contributed by atoms with Crippen molar-refractivity contribution in [3.05, 3.63) is 58.1 Å². The van der Waals surface area contributed by atoms with Gasteiger partial charge in [-0.3, -0.25) is 10.2 Å². The summed E-state index contributed by atoms with van der Waals surface area (Å²) in [6, 6.07) is 10.9. The number of aryl methyl sites for hydroxylation is 1. The molecular formula is C15H14Cl2N2O4S. The van der Waals surface area contributed by atoms with Crippen molar-refractivity contribution in [2.75, 3.05) is 6.61 Å². The van der Waals surface area contributed by atoms with Crippen molar-refractivity contribution in [3.63, 3.8) is 0 Å². The maximum atomic E-state index is 12.1. The Kier molecular flexibility index (Phi) is 6.06. The van der Waals surface area contributed by atoms with Crippen molar-refractivity contribution in [3.8, 4) is 5.75 Å². The number of benzene rings is 2. The van der Waals surface area contributed by atoms with Crippen LogP contribution in [0.3, 0.4) is 0 Å². The Morgan fingerprint density at radius 2 is 1.88 bits per heavy atom. The Hall–Kier alpha value is -1.80. The van der Waals surface area contributed by atoms with E-state index in [9.17, 15) is 13.2 Å². The second kappa shape index (κ2) is 7.85. The molecule has 0 unspecified atom stereocenters. The van der Waals surface area contributed by atoms with E-state index in [1.807, 2.05) is 17.8 Å². The van der Waals surface area contributed by atoms with Gasteiger partial charge >= 0.3 is 0 Å². The zero-order chi connectivity index (χ0) is 17.7. The van der Waals surface area contributed by atoms with Gasteiger partial charge in [-0.1, -0.05) is 35.3 Å². The van der Waals surface area contributed by atoms with Crippen LogP contribution in [-0.2, 0) is 14.8 Å². The van der Waals surface area contributed by atoms with Gasteiger partial charge < -0.3 is 4.74 Å². The standard InChI is InChI=1S/C15H14Cl2N2O4S/c1-10-3-2-4-11(7-10)23-9-15(20)18-19-24(21,22)12-5-6-13(16)14(17)8-12/h2-8,19H,9H2,1H3,(H,18,20). The first-order valence-corrected chi connectivity index (χ1v) is 8.97. The number of ether oxygens (including phenoxy) is 1. The number of hydrogen-bond acceptors (Lipinski definition) is 4. The fourth-order valence-electron chi connectivity index (χ4n) is 1.72. The summed E-state index contributed by atoms with van der Waals surface area (Å²) in [4.78, 5) is 13.5. The Morgan fingerprint density at radius 1 is 1.12 bits per heavy atom. The van der Waals surface area contributed by atoms with Crippen LogP contribution in [0.2, 0.25) is 10.0 Å². The maximum absolute atomic E-state index is 12.1. The minimum absolute atomic E-state index is 0.0913. The van der Waals surface area contributed by atoms with Crippen LogP contribution in [0.1, 0.15) is 5.56 Å². The molecule has 0 atom stereocenters. The lowest BCUT2D eigenvalue weighted by atomic mass is 10.2. The molecular weight excluding hydrogens is 375 g/mol. The molecule has 0 aromatic heterocycles. The third-order valence-corrected chi connectivity index (χ3v) is 4.87. The molecule has 2 aromatic rings. The Labute approximate surface area is 149 Å². The minimum atomic E-state index is -3.96. The van der Waals surface area contributed by atoms with Crippen LogP contribution in [0.25, 0.3) is 0 Å². The molecule has 0 saturated heterocycles. The molecule has 2 N–H and O–H groups in total. The van der Waals surface area contributed by atoms with Gasteiger partial charge in [-0.15, -0.1) is 4.83 Å². The van der Waals surface area contributed by atoms with Crippen LogP contribution in [-0.4, -0.2) is 20.9 Å². The summed E-state index contributed by atoms with van der Waals surface area (Å²) >= 11 is 11.5. The third-order valence-electron chi connectivity index (χ3n) is 2.89. The molecule has 0 aliphatic carbocycles. The van der Waals surface area contributed by atoms with E-state index in [1.54, 1.807) is 18.2 Å². The predicted molar refractivity (Wildman–Crippen MR) is 91.6 cm³/mol. The fourth-order valence-corrected chi connectivity index (χ4v) is 2.97. The first-order valence-electron chi connectivity index (χ1n) is 6.73. The quantitative estimate of drug-likeness (QED) is 0.744. The average molecular weight is 389 g/mol. The average Bonchev–Trinajstić information content (AvgIpc) is 2.53. The minimum Gasteiger partial charge on any atom is -0.484 e. The van der Waals surface area contributed by atoms with Gasteiger partial charge in [0.2, 0.25) is 0 Å². The number of halogens is 2. The molecule has 0 aliphatic heterocycles. The second-order valence-corrected chi connectivity index (χ2v) is 7.33. The fraction of sp³-hybridized carbons (Fsp3) is 0.133. The van der Waals surface area contributed by atoms with Crippen LogP contribution in [0, 0.1) is 6.92 Å². The van der Waals surface area contributed by atoms with E-state index in [0.717, 1.165) is 5.56 Å². The molecule has 2 aromatic carbocycles. The Morgan fingerprint density at radius 3 is 2.54 bits per heavy atom. The predicted octanol–water partition coefficient (Wildman–Crippen LogP) is 2.69. The van der Waals surface area contributed by atoms with Gasteiger partial charge in [-0.25, -0.2) is 8.42 Å². The molecule has 0 radical (unpaired) electrons. The molecule has 128 valence electrons. The van der Waals surface area contributed by atoms with Crippen molar-refractivity contribution in [1.82, 2.24) is 10.3 Å². The topological polar surface area (TPSA) is 84.5 Å². The van der Waals surface area contributed by atoms with Crippen molar-refractivity contribution in [2.45, 2.75) is 11.8 Å².